The van der Waals surface area contributed by atoms with Crippen LogP contribution in [0.5, 0.6) is 0 Å². The molecule has 202 valence electrons. The average Bonchev–Trinajstić information content (AvgIpc) is 2.80. The molecule has 2 atom stereocenters. The molecule has 2 aromatic rings. The number of carbonyl (C=O) groups is 4. The third kappa shape index (κ3) is 16.9. The standard InChI is InChI=1S/C11H18N2O6S.C10H8N2.3CH3.Pt/c12-8(11(18)19)2-1-7(14)3-6(5-20)10(17)13-4-9(15)16;1-3-7-11-9(5-1)10-6-2-4-8-12-10;;;;/h6,8,20H,1-5,12H2,(H,13,17)(H,15,16)(H,18,19);1-8H;3*1H3;/q;;3*-1;+4/p-1. The molecule has 0 bridgehead atoms. The van der Waals surface area contributed by atoms with Gasteiger partial charge in [-0.25, -0.2) is 0 Å². The number of rotatable bonds is 11. The van der Waals surface area contributed by atoms with Gasteiger partial charge in [-0.05, 0) is 30.7 Å². The molecular weight excluding hydrogens is 667 g/mol. The molecule has 2 aromatic heterocycles. The summed E-state index contributed by atoms with van der Waals surface area (Å²) in [5.74, 6) is -4.14. The molecule has 10 nitrogen and oxygen atoms in total. The van der Waals surface area contributed by atoms with Crippen LogP contribution in [0, 0.1) is 28.2 Å². The molecule has 2 unspecified atom stereocenters. The number of carboxylic acid groups (broad SMARTS) is 2. The number of Topliss-reactive ketones (excluding diaryl/α,β-unsaturated/α-hetero) is 1. The van der Waals surface area contributed by atoms with Crippen LogP contribution in [0.2, 0.25) is 0 Å². The Hall–Kier alpha value is -2.62. The SMILES string of the molecule is NC(CCC(=O)CC(C[S-])C(=O)NCC(=O)O)C(=O)O.[CH3-].[CH3-].[CH3-].[Pt+4].c1ccc(-c2ccccn2)nc1. The van der Waals surface area contributed by atoms with Gasteiger partial charge in [0.2, 0.25) is 5.91 Å². The second kappa shape index (κ2) is 22.8. The van der Waals surface area contributed by atoms with Crippen LogP contribution in [0.4, 0.5) is 0 Å². The fourth-order valence-corrected chi connectivity index (χ4v) is 2.65. The van der Waals surface area contributed by atoms with E-state index < -0.39 is 36.4 Å². The van der Waals surface area contributed by atoms with Gasteiger partial charge in [0.1, 0.15) is 18.4 Å². The summed E-state index contributed by atoms with van der Waals surface area (Å²) in [6.07, 6.45) is 3.30. The Kier molecular flexibility index (Phi) is 25.7. The van der Waals surface area contributed by atoms with E-state index in [0.29, 0.717) is 0 Å². The van der Waals surface area contributed by atoms with E-state index in [1.165, 1.54) is 0 Å². The Labute approximate surface area is 233 Å². The zero-order chi connectivity index (χ0) is 23.9. The Bertz CT molecular complexity index is 853. The van der Waals surface area contributed by atoms with E-state index in [4.69, 9.17) is 28.6 Å². The number of nitrogens with zero attached hydrogens (tertiary/aromatic N) is 2. The second-order valence-corrected chi connectivity index (χ2v) is 6.96. The molecule has 36 heavy (non-hydrogen) atoms. The molecule has 0 aliphatic carbocycles. The molecule has 0 spiro atoms. The van der Waals surface area contributed by atoms with E-state index in [0.717, 1.165) is 11.4 Å². The van der Waals surface area contributed by atoms with Crippen LogP contribution in [0.25, 0.3) is 11.4 Å². The number of pyridine rings is 2. The van der Waals surface area contributed by atoms with E-state index in [2.05, 4.69) is 15.3 Å². The summed E-state index contributed by atoms with van der Waals surface area (Å²) in [5.41, 5.74) is 7.08. The van der Waals surface area contributed by atoms with Gasteiger partial charge in [0.05, 0.1) is 11.4 Å². The van der Waals surface area contributed by atoms with E-state index >= 15 is 0 Å². The molecule has 2 heterocycles. The van der Waals surface area contributed by atoms with E-state index in [-0.39, 0.29) is 74.1 Å². The maximum Gasteiger partial charge on any atom is 4.00 e. The second-order valence-electron chi connectivity index (χ2n) is 6.63. The molecule has 0 fully saturated rings. The minimum absolute atomic E-state index is 0. The predicted octanol–water partition coefficient (Wildman–Crippen LogP) is 1.99. The van der Waals surface area contributed by atoms with Crippen molar-refractivity contribution in [2.45, 2.75) is 25.3 Å². The van der Waals surface area contributed by atoms with Crippen LogP contribution in [0.3, 0.4) is 0 Å². The first-order valence-corrected chi connectivity index (χ1v) is 10.2. The summed E-state index contributed by atoms with van der Waals surface area (Å²) >= 11 is 4.75. The van der Waals surface area contributed by atoms with Crippen molar-refractivity contribution in [1.29, 1.82) is 0 Å². The van der Waals surface area contributed by atoms with Crippen molar-refractivity contribution in [2.24, 2.45) is 11.7 Å². The van der Waals surface area contributed by atoms with Crippen molar-refractivity contribution in [3.8, 4) is 11.4 Å². The number of nitrogens with two attached hydrogens (primary N) is 1. The number of hydrogen-bond donors (Lipinski definition) is 4. The van der Waals surface area contributed by atoms with Crippen molar-refractivity contribution in [3.05, 3.63) is 71.1 Å². The normalized spacial score (nSPS) is 10.6. The number of aliphatic carboxylic acids is 2. The van der Waals surface area contributed by atoms with Crippen molar-refractivity contribution < 1.29 is 50.5 Å². The minimum atomic E-state index is -1.20. The van der Waals surface area contributed by atoms with Crippen LogP contribution >= 0.6 is 0 Å². The monoisotopic (exact) mass is 701 g/mol. The number of nitrogens with one attached hydrogen (secondary N) is 1. The van der Waals surface area contributed by atoms with Gasteiger partial charge in [0.25, 0.3) is 0 Å². The van der Waals surface area contributed by atoms with Crippen molar-refractivity contribution in [1.82, 2.24) is 15.3 Å². The van der Waals surface area contributed by atoms with E-state index in [1.807, 2.05) is 36.4 Å². The molecule has 5 N–H and O–H groups in total. The first-order chi connectivity index (χ1) is 15.2. The molecule has 1 amide bonds. The molecule has 0 saturated heterocycles. The molecule has 0 radical (unpaired) electrons. The fourth-order valence-electron chi connectivity index (χ4n) is 2.38. The number of amides is 1. The Morgan fingerprint density at radius 2 is 1.44 bits per heavy atom. The van der Waals surface area contributed by atoms with Crippen LogP contribution in [-0.2, 0) is 52.9 Å². The first kappa shape index (κ1) is 40.5. The quantitative estimate of drug-likeness (QED) is 0.201. The average molecular weight is 702 g/mol. The van der Waals surface area contributed by atoms with Gasteiger partial charge in [-0.15, -0.1) is 0 Å². The molecule has 0 aromatic carbocycles. The first-order valence-electron chi connectivity index (χ1n) is 9.64. The number of aromatic nitrogens is 2. The van der Waals surface area contributed by atoms with Crippen LogP contribution < -0.4 is 11.1 Å². The third-order valence-electron chi connectivity index (χ3n) is 4.10. The minimum Gasteiger partial charge on any atom is -0.792 e. The van der Waals surface area contributed by atoms with Gasteiger partial charge in [-0.1, -0.05) is 12.1 Å². The summed E-state index contributed by atoms with van der Waals surface area (Å²) in [6.45, 7) is -0.539. The van der Waals surface area contributed by atoms with E-state index in [1.54, 1.807) is 12.4 Å². The van der Waals surface area contributed by atoms with Crippen LogP contribution in [0.15, 0.2) is 48.8 Å². The number of hydrogen-bond acceptors (Lipinski definition) is 8. The number of carboxylic acids is 2. The van der Waals surface area contributed by atoms with Gasteiger partial charge in [-0.2, -0.15) is 5.75 Å². The summed E-state index contributed by atoms with van der Waals surface area (Å²) in [4.78, 5) is 52.3. The Morgan fingerprint density at radius 1 is 0.944 bits per heavy atom. The maximum absolute atomic E-state index is 11.6. The topological polar surface area (TPSA) is 173 Å². The van der Waals surface area contributed by atoms with Crippen molar-refractivity contribution in [3.63, 3.8) is 0 Å². The van der Waals surface area contributed by atoms with Crippen LogP contribution in [0.1, 0.15) is 19.3 Å². The summed E-state index contributed by atoms with van der Waals surface area (Å²) < 4.78 is 0. The van der Waals surface area contributed by atoms with Gasteiger partial charge in [-0.3, -0.25) is 29.1 Å². The Morgan fingerprint density at radius 3 is 1.81 bits per heavy atom. The van der Waals surface area contributed by atoms with Crippen molar-refractivity contribution >= 4 is 36.3 Å². The molecule has 2 rings (SSSR count). The van der Waals surface area contributed by atoms with Gasteiger partial charge in [0, 0.05) is 31.2 Å². The van der Waals surface area contributed by atoms with Crippen LogP contribution in [-0.4, -0.2) is 62.1 Å². The molecule has 0 aliphatic heterocycles. The number of ketones is 1. The largest absolute Gasteiger partial charge is 4.00 e. The summed E-state index contributed by atoms with van der Waals surface area (Å²) in [7, 11) is 0. The zero-order valence-electron chi connectivity index (χ0n) is 20.5. The molecule has 0 saturated carbocycles. The van der Waals surface area contributed by atoms with Crippen molar-refractivity contribution in [2.75, 3.05) is 12.3 Å². The van der Waals surface area contributed by atoms with Gasteiger partial charge in [0.15, 0.2) is 0 Å². The number of carbonyl (C=O) groups excluding carboxylic acids is 2. The molecule has 12 heteroatoms. The molecular formula is C24H34N4O6PtS. The summed E-state index contributed by atoms with van der Waals surface area (Å²) in [6, 6.07) is 10.5. The Balaban J connectivity index is -0.000000277. The van der Waals surface area contributed by atoms with Gasteiger partial charge < -0.3 is 56.2 Å². The molecule has 0 aliphatic rings. The third-order valence-corrected chi connectivity index (χ3v) is 4.51. The van der Waals surface area contributed by atoms with E-state index in [9.17, 15) is 19.2 Å². The smallest absolute Gasteiger partial charge is 0.792 e. The zero-order valence-corrected chi connectivity index (χ0v) is 23.6. The predicted molar refractivity (Wildman–Crippen MR) is 138 cm³/mol. The maximum atomic E-state index is 11.6. The summed E-state index contributed by atoms with van der Waals surface area (Å²) in [5, 5.41) is 19.1. The van der Waals surface area contributed by atoms with Gasteiger partial charge >= 0.3 is 33.0 Å². The fraction of sp³-hybridized carbons (Fsp3) is 0.292.